The van der Waals surface area contributed by atoms with Crippen LogP contribution in [-0.2, 0) is 25.7 Å². The minimum absolute atomic E-state index is 0.00425. The van der Waals surface area contributed by atoms with Crippen LogP contribution in [0, 0.1) is 17.0 Å². The average molecular weight is 822 g/mol. The van der Waals surface area contributed by atoms with E-state index < -0.39 is 53.6 Å². The number of nitrogens with two attached hydrogens (primary N) is 1. The average Bonchev–Trinajstić information content (AvgIpc) is 3.59. The number of amides is 4. The molecule has 2 aromatic carbocycles. The highest BCUT2D eigenvalue weighted by molar-refractivity contribution is 6.15. The minimum Gasteiger partial charge on any atom is -0.387 e. The van der Waals surface area contributed by atoms with Gasteiger partial charge < -0.3 is 41.6 Å². The van der Waals surface area contributed by atoms with Crippen molar-refractivity contribution >= 4 is 39.9 Å². The normalized spacial score (nSPS) is 13.3. The fourth-order valence-corrected chi connectivity index (χ4v) is 7.10. The first-order chi connectivity index (χ1) is 27.4. The van der Waals surface area contributed by atoms with Crippen LogP contribution in [0.25, 0.3) is 11.1 Å². The van der Waals surface area contributed by atoms with E-state index in [4.69, 9.17) is 5.73 Å². The first kappa shape index (κ1) is 48.2. The Morgan fingerprint density at radius 1 is 0.914 bits per heavy atom. The van der Waals surface area contributed by atoms with Crippen molar-refractivity contribution in [1.82, 2.24) is 30.7 Å². The molecule has 2 radical (unpaired) electrons. The van der Waals surface area contributed by atoms with Crippen molar-refractivity contribution in [3.05, 3.63) is 83.7 Å². The van der Waals surface area contributed by atoms with E-state index in [1.807, 2.05) is 55.7 Å². The molecular formula is C43H62AlF2N7O5. The van der Waals surface area contributed by atoms with Gasteiger partial charge in [-0.05, 0) is 67.5 Å². The number of aromatic nitrogens is 1. The molecule has 0 saturated heterocycles. The van der Waals surface area contributed by atoms with Crippen molar-refractivity contribution in [3.8, 4) is 11.1 Å². The van der Waals surface area contributed by atoms with Crippen molar-refractivity contribution in [2.24, 2.45) is 11.1 Å². The molecule has 0 aliphatic carbocycles. The molecule has 58 heavy (non-hydrogen) atoms. The summed E-state index contributed by atoms with van der Waals surface area (Å²) in [5, 5.41) is 21.9. The molecule has 3 aromatic rings. The summed E-state index contributed by atoms with van der Waals surface area (Å²) in [5.41, 5.74) is 7.73. The van der Waals surface area contributed by atoms with Crippen LogP contribution in [0.3, 0.4) is 0 Å². The lowest BCUT2D eigenvalue weighted by Gasteiger charge is -2.41. The summed E-state index contributed by atoms with van der Waals surface area (Å²) in [7, 11) is 0. The van der Waals surface area contributed by atoms with E-state index in [1.54, 1.807) is 12.3 Å². The summed E-state index contributed by atoms with van der Waals surface area (Å²) < 4.78 is 31.3. The minimum atomic E-state index is -1.04. The molecule has 0 aliphatic rings. The number of carbonyl (C=O) groups is 4. The zero-order valence-corrected chi connectivity index (χ0v) is 36.0. The van der Waals surface area contributed by atoms with Gasteiger partial charge in [0.15, 0.2) is 16.3 Å². The second-order valence-electron chi connectivity index (χ2n) is 15.9. The van der Waals surface area contributed by atoms with Gasteiger partial charge in [-0.3, -0.25) is 19.2 Å². The summed E-state index contributed by atoms with van der Waals surface area (Å²) in [5.74, 6) is -2.95. The van der Waals surface area contributed by atoms with E-state index >= 15 is 4.39 Å². The van der Waals surface area contributed by atoms with Gasteiger partial charge >= 0.3 is 0 Å². The molecular weight excluding hydrogens is 759 g/mol. The summed E-state index contributed by atoms with van der Waals surface area (Å²) in [6.45, 7) is 11.9. The summed E-state index contributed by atoms with van der Waals surface area (Å²) >= 11 is 2.87. The third kappa shape index (κ3) is 14.6. The van der Waals surface area contributed by atoms with Gasteiger partial charge in [0.05, 0.1) is 12.1 Å². The highest BCUT2D eigenvalue weighted by atomic mass is 27.0. The maximum atomic E-state index is 15.1. The van der Waals surface area contributed by atoms with Gasteiger partial charge in [-0.25, -0.2) is 8.78 Å². The number of nitrogens with zero attached hydrogens (tertiary/aromatic N) is 2. The third-order valence-electron chi connectivity index (χ3n) is 10.3. The fourth-order valence-electron chi connectivity index (χ4n) is 6.96. The number of halogens is 2. The van der Waals surface area contributed by atoms with E-state index in [0.717, 1.165) is 56.0 Å². The summed E-state index contributed by atoms with van der Waals surface area (Å²) in [6.07, 6.45) is 5.73. The smallest absolute Gasteiger partial charge is 0.248 e. The van der Waals surface area contributed by atoms with Gasteiger partial charge in [0.2, 0.25) is 23.6 Å². The van der Waals surface area contributed by atoms with Gasteiger partial charge in [-0.15, -0.1) is 0 Å². The van der Waals surface area contributed by atoms with E-state index in [2.05, 4.69) is 51.4 Å². The van der Waals surface area contributed by atoms with Crippen molar-refractivity contribution in [2.75, 3.05) is 32.8 Å². The van der Waals surface area contributed by atoms with Gasteiger partial charge in [0.1, 0.15) is 24.3 Å². The van der Waals surface area contributed by atoms with Crippen LogP contribution < -0.4 is 27.0 Å². The number of carbonyl (C=O) groups excluding carboxylic acids is 4. The standard InChI is InChI=1S/C43H62F2N7O5.Al/c1-7-33(8-2)47-20-13-12-16-37(50-29(3)54)42(57)49-22-21-48-41(56)36(46)19-23-52(39(55)28-53)40(43(4,5)6)38-24-31(34-25-32(44)17-18-35(34)45)27-51(38)26-30-14-10-9-11-15-30;/h9-11,14-15,17-18,24-25,27,36-37,40,47,53H,7-8,12-13,16,19-23,26,28,46H2,1-6H3,(H,48,56)(H,49,57)(H,50,54);/t36-,37-,40?;/m0./s1. The number of benzene rings is 2. The number of unbranched alkanes of at least 4 members (excludes halogenated alkanes) is 1. The molecule has 3 rings (SSSR count). The molecule has 15 heteroatoms. The van der Waals surface area contributed by atoms with Crippen LogP contribution >= 0.6 is 0 Å². The first-order valence-corrected chi connectivity index (χ1v) is 20.7. The maximum absolute atomic E-state index is 15.1. The molecule has 0 bridgehead atoms. The number of rotatable bonds is 23. The van der Waals surface area contributed by atoms with Crippen molar-refractivity contribution in [2.45, 2.75) is 109 Å². The molecule has 0 spiro atoms. The number of aliphatic hydroxyl groups excluding tert-OH is 1. The fraction of sp³-hybridized carbons (Fsp3) is 0.535. The second-order valence-corrected chi connectivity index (χ2v) is 17.0. The topological polar surface area (TPSA) is 171 Å². The van der Waals surface area contributed by atoms with Gasteiger partial charge in [-0.2, -0.15) is 0 Å². The molecule has 4 amide bonds. The molecule has 1 unspecified atom stereocenters. The van der Waals surface area contributed by atoms with Crippen molar-refractivity contribution in [3.63, 3.8) is 0 Å². The van der Waals surface area contributed by atoms with E-state index in [0.29, 0.717) is 24.2 Å². The monoisotopic (exact) mass is 821 g/mol. The maximum Gasteiger partial charge on any atom is 0.248 e. The largest absolute Gasteiger partial charge is 0.387 e. The van der Waals surface area contributed by atoms with Crippen molar-refractivity contribution < 1.29 is 33.1 Å². The van der Waals surface area contributed by atoms with Crippen LogP contribution in [0.4, 0.5) is 8.78 Å². The Kier molecular flexibility index (Phi) is 19.0. The van der Waals surface area contributed by atoms with Crippen LogP contribution in [0.15, 0.2) is 60.8 Å². The lowest BCUT2D eigenvalue weighted by molar-refractivity contribution is -0.140. The van der Waals surface area contributed by atoms with Gasteiger partial charge in [-0.1, -0.05) is 82.2 Å². The van der Waals surface area contributed by atoms with Gasteiger partial charge in [0.25, 0.3) is 0 Å². The Morgan fingerprint density at radius 2 is 1.57 bits per heavy atom. The predicted molar refractivity (Wildman–Crippen MR) is 223 cm³/mol. The Morgan fingerprint density at radius 3 is 2.17 bits per heavy atom. The molecule has 316 valence electrons. The van der Waals surface area contributed by atoms with Crippen LogP contribution in [0.5, 0.6) is 0 Å². The zero-order valence-electron chi connectivity index (χ0n) is 34.9. The zero-order chi connectivity index (χ0) is 43.0. The summed E-state index contributed by atoms with van der Waals surface area (Å²) in [6, 6.07) is 12.1. The molecule has 3 atom stereocenters. The predicted octanol–water partition coefficient (Wildman–Crippen LogP) is 4.29. The Labute approximate surface area is 350 Å². The number of hydrogen-bond donors (Lipinski definition) is 6. The number of hydrogen-bond acceptors (Lipinski definition) is 7. The highest BCUT2D eigenvalue weighted by Gasteiger charge is 2.37. The quantitative estimate of drug-likeness (QED) is 0.0613. The Balaban J connectivity index is 1.69. The van der Waals surface area contributed by atoms with Crippen molar-refractivity contribution in [1.29, 1.82) is 0 Å². The summed E-state index contributed by atoms with van der Waals surface area (Å²) in [4.78, 5) is 52.9. The van der Waals surface area contributed by atoms with Crippen LogP contribution in [0.2, 0.25) is 0 Å². The SMILES string of the molecule is CC[C]([Al])(CC)NCCCC[C@H](NC(C)=O)C(=O)NCCNC(=O)[C@@H](N)CCN(C(=O)CO)C(c1cc(-c2cc(F)ccc2F)cn1Cc1ccccc1)C(C)(C)C. The lowest BCUT2D eigenvalue weighted by Crippen LogP contribution is -2.50. The number of nitrogens with one attached hydrogen (secondary N) is 4. The van der Waals surface area contributed by atoms with Crippen LogP contribution in [0.1, 0.15) is 97.4 Å². The highest BCUT2D eigenvalue weighted by Crippen LogP contribution is 2.41. The molecule has 0 aliphatic heterocycles. The van der Waals surface area contributed by atoms with Crippen LogP contribution in [-0.4, -0.2) is 104 Å². The second kappa shape index (κ2) is 22.9. The molecule has 7 N–H and O–H groups in total. The number of aliphatic hydroxyl groups is 1. The molecule has 1 heterocycles. The lowest BCUT2D eigenvalue weighted by atomic mass is 9.82. The van der Waals surface area contributed by atoms with E-state index in [9.17, 15) is 28.7 Å². The molecule has 0 saturated carbocycles. The first-order valence-electron chi connectivity index (χ1n) is 20.1. The van der Waals surface area contributed by atoms with E-state index in [1.165, 1.54) is 11.8 Å². The van der Waals surface area contributed by atoms with E-state index in [-0.39, 0.29) is 47.8 Å². The molecule has 0 fully saturated rings. The molecule has 12 nitrogen and oxygen atoms in total. The molecule has 1 aromatic heterocycles. The van der Waals surface area contributed by atoms with Gasteiger partial charge in [0, 0.05) is 56.1 Å². The Bertz CT molecular complexity index is 1800. The third-order valence-corrected chi connectivity index (χ3v) is 11.3. The Hall–Kier alpha value is -4.13.